The van der Waals surface area contributed by atoms with E-state index < -0.39 is 0 Å². The van der Waals surface area contributed by atoms with Crippen LogP contribution >= 0.6 is 0 Å². The summed E-state index contributed by atoms with van der Waals surface area (Å²) < 4.78 is 0. The van der Waals surface area contributed by atoms with E-state index in [1.807, 2.05) is 0 Å². The van der Waals surface area contributed by atoms with E-state index >= 15 is 0 Å². The van der Waals surface area contributed by atoms with E-state index in [9.17, 15) is 0 Å². The fourth-order valence-electron chi connectivity index (χ4n) is 1.52. The number of hydrogen-bond donors (Lipinski definition) is 0. The molecule has 0 radical (unpaired) electrons. The zero-order chi connectivity index (χ0) is 6.85. The van der Waals surface area contributed by atoms with Gasteiger partial charge in [0.05, 0.1) is 0 Å². The Balaban J connectivity index is 2.55. The molecule has 0 aromatic carbocycles. The first-order valence-corrected chi connectivity index (χ1v) is 3.70. The van der Waals surface area contributed by atoms with Gasteiger partial charge in [0.2, 0.25) is 0 Å². The van der Waals surface area contributed by atoms with Crippen molar-refractivity contribution in [3.8, 4) is 0 Å². The van der Waals surface area contributed by atoms with Crippen molar-refractivity contribution in [2.24, 2.45) is 0 Å². The molecule has 9 heavy (non-hydrogen) atoms. The van der Waals surface area contributed by atoms with Crippen LogP contribution in [0.3, 0.4) is 0 Å². The first kappa shape index (κ1) is 6.66. The molecule has 1 heteroatoms. The van der Waals surface area contributed by atoms with Gasteiger partial charge in [0.25, 0.3) is 0 Å². The van der Waals surface area contributed by atoms with E-state index in [0.29, 0.717) is 0 Å². The summed E-state index contributed by atoms with van der Waals surface area (Å²) in [6.45, 7) is 9.56. The summed E-state index contributed by atoms with van der Waals surface area (Å²) >= 11 is 0. The fraction of sp³-hybridized carbons (Fsp3) is 0.750. The highest BCUT2D eigenvalue weighted by Crippen LogP contribution is 2.24. The van der Waals surface area contributed by atoms with Crippen LogP contribution in [0, 0.1) is 0 Å². The molecule has 1 nitrogen and oxygen atoms in total. The summed E-state index contributed by atoms with van der Waals surface area (Å²) in [4.78, 5) is 2.38. The average Bonchev–Trinajstić information content (AvgIpc) is 2.12. The Hall–Kier alpha value is -0.460. The molecular formula is C8H15N. The molecule has 0 N–H and O–H groups in total. The second kappa shape index (κ2) is 2.42. The SMILES string of the molecule is C=C1CCC(C)N1CC. The zero-order valence-electron chi connectivity index (χ0n) is 6.35. The lowest BCUT2D eigenvalue weighted by molar-refractivity contribution is 0.328. The Bertz CT molecular complexity index is 118. The minimum absolute atomic E-state index is 0.738. The molecule has 1 fully saturated rings. The van der Waals surface area contributed by atoms with Gasteiger partial charge in [0.1, 0.15) is 0 Å². The number of hydrogen-bond acceptors (Lipinski definition) is 1. The van der Waals surface area contributed by atoms with Crippen LogP contribution in [0.5, 0.6) is 0 Å². The maximum atomic E-state index is 3.98. The average molecular weight is 125 g/mol. The van der Waals surface area contributed by atoms with Gasteiger partial charge in [-0.25, -0.2) is 0 Å². The van der Waals surface area contributed by atoms with Crippen LogP contribution in [-0.2, 0) is 0 Å². The highest BCUT2D eigenvalue weighted by molar-refractivity contribution is 5.02. The quantitative estimate of drug-likeness (QED) is 0.518. The third-order valence-electron chi connectivity index (χ3n) is 2.13. The molecule has 0 saturated carbocycles. The van der Waals surface area contributed by atoms with Crippen LogP contribution in [0.1, 0.15) is 26.7 Å². The third-order valence-corrected chi connectivity index (χ3v) is 2.13. The molecule has 0 aromatic heterocycles. The van der Waals surface area contributed by atoms with E-state index in [-0.39, 0.29) is 0 Å². The highest BCUT2D eigenvalue weighted by Gasteiger charge is 2.20. The number of likely N-dealkylation sites (tertiary alicyclic amines) is 1. The molecule has 1 aliphatic rings. The van der Waals surface area contributed by atoms with E-state index in [0.717, 1.165) is 12.6 Å². The number of allylic oxidation sites excluding steroid dienone is 1. The second-order valence-corrected chi connectivity index (χ2v) is 2.74. The molecule has 0 aromatic rings. The maximum Gasteiger partial charge on any atom is 0.0262 e. The minimum atomic E-state index is 0.738. The summed E-state index contributed by atoms with van der Waals surface area (Å²) in [5.41, 5.74) is 1.32. The topological polar surface area (TPSA) is 3.24 Å². The zero-order valence-corrected chi connectivity index (χ0v) is 6.35. The van der Waals surface area contributed by atoms with Crippen LogP contribution in [0.4, 0.5) is 0 Å². The van der Waals surface area contributed by atoms with E-state index in [4.69, 9.17) is 0 Å². The Morgan fingerprint density at radius 2 is 2.44 bits per heavy atom. The van der Waals surface area contributed by atoms with E-state index in [2.05, 4.69) is 25.3 Å². The molecule has 0 amide bonds. The molecule has 1 heterocycles. The lowest BCUT2D eigenvalue weighted by Crippen LogP contribution is -2.24. The lowest BCUT2D eigenvalue weighted by Gasteiger charge is -2.22. The van der Waals surface area contributed by atoms with Gasteiger partial charge < -0.3 is 4.90 Å². The number of rotatable bonds is 1. The Morgan fingerprint density at radius 3 is 2.67 bits per heavy atom. The van der Waals surface area contributed by atoms with E-state index in [1.54, 1.807) is 0 Å². The van der Waals surface area contributed by atoms with Crippen LogP contribution in [0.2, 0.25) is 0 Å². The third kappa shape index (κ3) is 1.09. The minimum Gasteiger partial charge on any atom is -0.373 e. The summed E-state index contributed by atoms with van der Waals surface area (Å²) in [6.07, 6.45) is 2.50. The van der Waals surface area contributed by atoms with Gasteiger partial charge in [-0.1, -0.05) is 6.58 Å². The van der Waals surface area contributed by atoms with Gasteiger partial charge in [0.15, 0.2) is 0 Å². The van der Waals surface area contributed by atoms with Gasteiger partial charge in [-0.3, -0.25) is 0 Å². The summed E-state index contributed by atoms with van der Waals surface area (Å²) in [5.74, 6) is 0. The predicted molar refractivity (Wildman–Crippen MR) is 40.2 cm³/mol. The Kier molecular flexibility index (Phi) is 1.79. The smallest absolute Gasteiger partial charge is 0.0262 e. The van der Waals surface area contributed by atoms with Crippen molar-refractivity contribution >= 4 is 0 Å². The molecule has 1 saturated heterocycles. The largest absolute Gasteiger partial charge is 0.373 e. The van der Waals surface area contributed by atoms with Crippen molar-refractivity contribution in [2.45, 2.75) is 32.7 Å². The van der Waals surface area contributed by atoms with Gasteiger partial charge >= 0.3 is 0 Å². The summed E-state index contributed by atoms with van der Waals surface area (Å²) in [7, 11) is 0. The molecule has 52 valence electrons. The first-order valence-electron chi connectivity index (χ1n) is 3.70. The van der Waals surface area contributed by atoms with Gasteiger partial charge in [0, 0.05) is 18.3 Å². The molecular weight excluding hydrogens is 110 g/mol. The standard InChI is InChI=1S/C8H15N/c1-4-9-7(2)5-6-8(9)3/h8H,2,4-6H2,1,3H3. The molecule has 1 unspecified atom stereocenters. The van der Waals surface area contributed by atoms with Crippen molar-refractivity contribution in [3.63, 3.8) is 0 Å². The molecule has 0 bridgehead atoms. The van der Waals surface area contributed by atoms with E-state index in [1.165, 1.54) is 18.5 Å². The number of nitrogens with zero attached hydrogens (tertiary/aromatic N) is 1. The fourth-order valence-corrected chi connectivity index (χ4v) is 1.52. The monoisotopic (exact) mass is 125 g/mol. The molecule has 1 aliphatic heterocycles. The maximum absolute atomic E-state index is 3.98. The Labute approximate surface area is 57.4 Å². The normalized spacial score (nSPS) is 27.6. The second-order valence-electron chi connectivity index (χ2n) is 2.74. The van der Waals surface area contributed by atoms with Crippen molar-refractivity contribution in [1.82, 2.24) is 4.90 Å². The predicted octanol–water partition coefficient (Wildman–Crippen LogP) is 2.00. The van der Waals surface area contributed by atoms with Crippen LogP contribution in [0.15, 0.2) is 12.3 Å². The molecule has 0 spiro atoms. The van der Waals surface area contributed by atoms with Crippen molar-refractivity contribution in [2.75, 3.05) is 6.54 Å². The van der Waals surface area contributed by atoms with Gasteiger partial charge in [-0.05, 0) is 26.7 Å². The molecule has 1 atom stereocenters. The Morgan fingerprint density at radius 1 is 1.78 bits per heavy atom. The van der Waals surface area contributed by atoms with Crippen molar-refractivity contribution in [1.29, 1.82) is 0 Å². The van der Waals surface area contributed by atoms with Gasteiger partial charge in [-0.2, -0.15) is 0 Å². The van der Waals surface area contributed by atoms with Gasteiger partial charge in [-0.15, -0.1) is 0 Å². The first-order chi connectivity index (χ1) is 4.25. The van der Waals surface area contributed by atoms with Crippen LogP contribution < -0.4 is 0 Å². The molecule has 1 rings (SSSR count). The van der Waals surface area contributed by atoms with Crippen molar-refractivity contribution in [3.05, 3.63) is 12.3 Å². The van der Waals surface area contributed by atoms with Crippen LogP contribution in [-0.4, -0.2) is 17.5 Å². The lowest BCUT2D eigenvalue weighted by atomic mass is 10.2. The summed E-state index contributed by atoms with van der Waals surface area (Å²) in [5, 5.41) is 0. The molecule has 0 aliphatic carbocycles. The highest BCUT2D eigenvalue weighted by atomic mass is 15.2. The summed E-state index contributed by atoms with van der Waals surface area (Å²) in [6, 6.07) is 0.738. The van der Waals surface area contributed by atoms with Crippen molar-refractivity contribution < 1.29 is 0 Å². The van der Waals surface area contributed by atoms with Crippen LogP contribution in [0.25, 0.3) is 0 Å².